The number of ether oxygens (including phenoxy) is 10. The second-order valence-corrected chi connectivity index (χ2v) is 12.2. The van der Waals surface area contributed by atoms with E-state index in [0.717, 1.165) is 55.4 Å². The third-order valence-electron chi connectivity index (χ3n) is 6.37. The van der Waals surface area contributed by atoms with Crippen molar-refractivity contribution in [1.82, 2.24) is 0 Å². The van der Waals surface area contributed by atoms with Crippen LogP contribution >= 0.6 is 7.82 Å². The van der Waals surface area contributed by atoms with Crippen LogP contribution in [0.5, 0.6) is 0 Å². The molecule has 10 atom stereocenters. The Labute approximate surface area is 290 Å². The minimum absolute atomic E-state index is 0.714. The van der Waals surface area contributed by atoms with Crippen molar-refractivity contribution in [1.29, 1.82) is 0 Å². The van der Waals surface area contributed by atoms with Crippen molar-refractivity contribution >= 4 is 55.6 Å². The van der Waals surface area contributed by atoms with Crippen LogP contribution in [-0.4, -0.2) is 127 Å². The minimum Gasteiger partial charge on any atom is -0.463 e. The summed E-state index contributed by atoms with van der Waals surface area (Å²) in [6.45, 7) is 6.24. The fraction of sp³-hybridized carbons (Fsp3) is 0.714. The first-order chi connectivity index (χ1) is 23.6. The Bertz CT molecular complexity index is 1280. The molecule has 0 aromatic heterocycles. The third kappa shape index (κ3) is 13.8. The number of rotatable bonds is 14. The largest absolute Gasteiger partial charge is 0.477 e. The summed E-state index contributed by atoms with van der Waals surface area (Å²) in [6.07, 6.45) is -18.5. The standard InChI is InChI=1S/C28H39O22P/c1-11(29)39-9-19-21(41-13(3)31)23(43-15(5)33)25(45-17(7)35)27(47-19)49-51(37,38)50-28-26(46-18(8)36)24(44-16(6)34)22(42-14(4)32)20(48-28)10-40-12(2)30/h19-28H,9-10H2,1-8H3,(H,37,38)/t19-,20-,21-,22-,23+,24+,25+,26+,27-,28-/m1/s1. The van der Waals surface area contributed by atoms with Gasteiger partial charge in [-0.2, -0.15) is 0 Å². The zero-order valence-electron chi connectivity index (χ0n) is 28.7. The molecule has 51 heavy (non-hydrogen) atoms. The van der Waals surface area contributed by atoms with Crippen LogP contribution in [0.3, 0.4) is 0 Å². The quantitative estimate of drug-likeness (QED) is 0.130. The molecule has 23 heteroatoms. The van der Waals surface area contributed by atoms with Gasteiger partial charge in [-0.25, -0.2) is 4.57 Å². The van der Waals surface area contributed by atoms with Crippen LogP contribution in [-0.2, 0) is 99.3 Å². The van der Waals surface area contributed by atoms with Gasteiger partial charge in [-0.3, -0.25) is 47.4 Å². The van der Waals surface area contributed by atoms with Gasteiger partial charge in [0.25, 0.3) is 0 Å². The van der Waals surface area contributed by atoms with E-state index in [1.165, 1.54) is 0 Å². The lowest BCUT2D eigenvalue weighted by Crippen LogP contribution is -2.63. The lowest BCUT2D eigenvalue weighted by Gasteiger charge is -2.45. The minimum atomic E-state index is -5.68. The van der Waals surface area contributed by atoms with E-state index in [-0.39, 0.29) is 0 Å². The smallest absolute Gasteiger partial charge is 0.463 e. The number of phosphoric acid groups is 1. The summed E-state index contributed by atoms with van der Waals surface area (Å²) in [5, 5.41) is 0. The van der Waals surface area contributed by atoms with E-state index in [1.54, 1.807) is 0 Å². The first-order valence-corrected chi connectivity index (χ1v) is 16.4. The predicted molar refractivity (Wildman–Crippen MR) is 156 cm³/mol. The second-order valence-electron chi connectivity index (χ2n) is 10.8. The first-order valence-electron chi connectivity index (χ1n) is 14.9. The van der Waals surface area contributed by atoms with Gasteiger partial charge >= 0.3 is 55.6 Å². The third-order valence-corrected chi connectivity index (χ3v) is 7.32. The van der Waals surface area contributed by atoms with Crippen molar-refractivity contribution in [3.05, 3.63) is 0 Å². The first kappa shape index (κ1) is 43.0. The summed E-state index contributed by atoms with van der Waals surface area (Å²) in [5.74, 6) is -7.74. The van der Waals surface area contributed by atoms with E-state index >= 15 is 0 Å². The van der Waals surface area contributed by atoms with Crippen LogP contribution in [0.4, 0.5) is 0 Å². The van der Waals surface area contributed by atoms with Gasteiger partial charge < -0.3 is 52.3 Å². The monoisotopic (exact) mass is 758 g/mol. The number of carbonyl (C=O) groups excluding carboxylic acids is 8. The van der Waals surface area contributed by atoms with Crippen LogP contribution in [0.2, 0.25) is 0 Å². The fourth-order valence-electron chi connectivity index (χ4n) is 4.83. The molecule has 2 saturated heterocycles. The summed E-state index contributed by atoms with van der Waals surface area (Å²) in [5.41, 5.74) is 0. The highest BCUT2D eigenvalue weighted by atomic mass is 31.2. The Morgan fingerprint density at radius 3 is 0.961 bits per heavy atom. The Hall–Kier alpha value is -4.21. The van der Waals surface area contributed by atoms with E-state index < -0.39 is 130 Å². The maximum Gasteiger partial charge on any atom is 0.477 e. The van der Waals surface area contributed by atoms with E-state index in [9.17, 15) is 47.8 Å². The summed E-state index contributed by atoms with van der Waals surface area (Å²) >= 11 is 0. The van der Waals surface area contributed by atoms with Gasteiger partial charge in [0.05, 0.1) is 0 Å². The van der Waals surface area contributed by atoms with Crippen LogP contribution < -0.4 is 0 Å². The van der Waals surface area contributed by atoms with E-state index in [2.05, 4.69) is 0 Å². The number of hydrogen-bond donors (Lipinski definition) is 1. The zero-order valence-corrected chi connectivity index (χ0v) is 29.5. The topological polar surface area (TPSA) is 285 Å². The zero-order chi connectivity index (χ0) is 38.8. The molecule has 0 aromatic carbocycles. The number of hydrogen-bond acceptors (Lipinski definition) is 21. The lowest BCUT2D eigenvalue weighted by molar-refractivity contribution is -0.304. The normalized spacial score (nSPS) is 29.9. The van der Waals surface area contributed by atoms with E-state index in [0.29, 0.717) is 0 Å². The molecule has 0 unspecified atom stereocenters. The molecule has 2 fully saturated rings. The van der Waals surface area contributed by atoms with Crippen molar-refractivity contribution in [2.45, 2.75) is 117 Å². The molecule has 2 heterocycles. The number of phosphoric ester groups is 1. The SMILES string of the molecule is CC(=O)OC[C@H]1O[C@H](OP(=O)(O)O[C@H]2O[C@H](COC(C)=O)[C@@H](OC(C)=O)[C@H](OC(C)=O)[C@@H]2OC(C)=O)[C@@H](OC(C)=O)[C@@H](OC(C)=O)[C@@H]1OC(C)=O. The molecule has 0 saturated carbocycles. The highest BCUT2D eigenvalue weighted by Gasteiger charge is 2.57. The molecule has 22 nitrogen and oxygen atoms in total. The van der Waals surface area contributed by atoms with Gasteiger partial charge in [-0.15, -0.1) is 0 Å². The highest BCUT2D eigenvalue weighted by molar-refractivity contribution is 7.47. The van der Waals surface area contributed by atoms with Crippen LogP contribution in [0, 0.1) is 0 Å². The maximum absolute atomic E-state index is 13.6. The van der Waals surface area contributed by atoms with Gasteiger partial charge in [0.2, 0.25) is 12.6 Å². The molecule has 2 rings (SSSR count). The summed E-state index contributed by atoms with van der Waals surface area (Å²) in [6, 6.07) is 0. The van der Waals surface area contributed by atoms with Crippen molar-refractivity contribution in [3.63, 3.8) is 0 Å². The molecule has 0 aliphatic carbocycles. The molecule has 2 aliphatic heterocycles. The summed E-state index contributed by atoms with van der Waals surface area (Å²) in [7, 11) is -5.68. The molecule has 0 bridgehead atoms. The molecule has 0 spiro atoms. The highest BCUT2D eigenvalue weighted by Crippen LogP contribution is 2.50. The number of esters is 8. The Morgan fingerprint density at radius 1 is 0.451 bits per heavy atom. The molecule has 0 aromatic rings. The van der Waals surface area contributed by atoms with Crippen molar-refractivity contribution in [2.75, 3.05) is 13.2 Å². The Morgan fingerprint density at radius 2 is 0.706 bits per heavy atom. The van der Waals surface area contributed by atoms with Gasteiger partial charge in [0.15, 0.2) is 36.6 Å². The van der Waals surface area contributed by atoms with Crippen LogP contribution in [0.15, 0.2) is 0 Å². The molecule has 0 radical (unpaired) electrons. The van der Waals surface area contributed by atoms with Crippen LogP contribution in [0.25, 0.3) is 0 Å². The number of carbonyl (C=O) groups is 8. The molecule has 288 valence electrons. The van der Waals surface area contributed by atoms with Crippen LogP contribution in [0.1, 0.15) is 55.4 Å². The van der Waals surface area contributed by atoms with Crippen molar-refractivity contribution in [2.24, 2.45) is 0 Å². The van der Waals surface area contributed by atoms with Gasteiger partial charge in [-0.1, -0.05) is 0 Å². The van der Waals surface area contributed by atoms with Crippen molar-refractivity contribution < 1.29 is 104 Å². The predicted octanol–water partition coefficient (Wildman–Crippen LogP) is -0.714. The molecule has 1 N–H and O–H groups in total. The summed E-state index contributed by atoms with van der Waals surface area (Å²) in [4.78, 5) is 107. The van der Waals surface area contributed by atoms with E-state index in [1.807, 2.05) is 0 Å². The maximum atomic E-state index is 13.6. The molecule has 2 aliphatic rings. The molecular weight excluding hydrogens is 719 g/mol. The fourth-order valence-corrected chi connectivity index (χ4v) is 5.75. The summed E-state index contributed by atoms with van der Waals surface area (Å²) < 4.78 is 76.6. The van der Waals surface area contributed by atoms with E-state index in [4.69, 9.17) is 56.4 Å². The average Bonchev–Trinajstić information content (AvgIpc) is 2.95. The van der Waals surface area contributed by atoms with Gasteiger partial charge in [0.1, 0.15) is 25.4 Å². The molecule has 0 amide bonds. The van der Waals surface area contributed by atoms with Gasteiger partial charge in [-0.05, 0) is 0 Å². The lowest BCUT2D eigenvalue weighted by atomic mass is 9.98. The molecular formula is C28H39O22P. The van der Waals surface area contributed by atoms with Gasteiger partial charge in [0, 0.05) is 55.4 Å². The second kappa shape index (κ2) is 18.9. The van der Waals surface area contributed by atoms with Crippen molar-refractivity contribution in [3.8, 4) is 0 Å². The Kier molecular flexibility index (Phi) is 15.9. The Balaban J connectivity index is 2.61. The average molecular weight is 759 g/mol.